The number of rotatable bonds is 5. The van der Waals surface area contributed by atoms with Gasteiger partial charge in [-0.1, -0.05) is 0 Å². The lowest BCUT2D eigenvalue weighted by Crippen LogP contribution is -2.36. The van der Waals surface area contributed by atoms with E-state index in [4.69, 9.17) is 9.15 Å². The minimum Gasteiger partial charge on any atom is -0.466 e. The Morgan fingerprint density at radius 2 is 2.10 bits per heavy atom. The molecule has 0 aliphatic carbocycles. The zero-order chi connectivity index (χ0) is 15.3. The maximum absolute atomic E-state index is 11.9. The molecule has 0 fully saturated rings. The highest BCUT2D eigenvalue weighted by Gasteiger charge is 2.24. The van der Waals surface area contributed by atoms with Gasteiger partial charge in [-0.2, -0.15) is 0 Å². The van der Waals surface area contributed by atoms with Crippen LogP contribution in [0.1, 0.15) is 44.6 Å². The van der Waals surface area contributed by atoms with E-state index in [9.17, 15) is 9.59 Å². The van der Waals surface area contributed by atoms with E-state index in [0.29, 0.717) is 18.7 Å². The van der Waals surface area contributed by atoms with Crippen LogP contribution < -0.4 is 0 Å². The molecule has 1 atom stereocenters. The number of hydrogen-bond acceptors (Lipinski definition) is 4. The molecule has 0 aliphatic rings. The molecule has 0 N–H and O–H groups in total. The van der Waals surface area contributed by atoms with Crippen molar-refractivity contribution < 1.29 is 18.7 Å². The lowest BCUT2D eigenvalue weighted by molar-refractivity contribution is -0.108. The number of amides is 1. The molecule has 1 aromatic rings. The molecule has 1 aromatic heterocycles. The first-order valence-electron chi connectivity index (χ1n) is 6.67. The van der Waals surface area contributed by atoms with Crippen molar-refractivity contribution in [2.75, 3.05) is 13.6 Å². The Hall–Kier alpha value is -1.78. The summed E-state index contributed by atoms with van der Waals surface area (Å²) >= 11 is 0. The average molecular weight is 281 g/mol. The minimum atomic E-state index is -0.535. The minimum absolute atomic E-state index is 0.154. The molecule has 0 aromatic carbocycles. The number of carbonyl (C=O) groups is 2. The molecule has 0 spiro atoms. The van der Waals surface area contributed by atoms with E-state index in [-0.39, 0.29) is 5.92 Å². The number of carbonyl (C=O) groups excluding carboxylic acids is 2. The summed E-state index contributed by atoms with van der Waals surface area (Å²) in [5, 5.41) is 0. The normalized spacial score (nSPS) is 12.8. The van der Waals surface area contributed by atoms with E-state index in [1.807, 2.05) is 39.8 Å². The van der Waals surface area contributed by atoms with Crippen LogP contribution in [0.5, 0.6) is 0 Å². The molecular formula is C15H23NO4. The molecular weight excluding hydrogens is 258 g/mol. The van der Waals surface area contributed by atoms with Gasteiger partial charge in [0.1, 0.15) is 23.4 Å². The summed E-state index contributed by atoms with van der Waals surface area (Å²) in [7, 11) is 1.65. The van der Waals surface area contributed by atoms with Gasteiger partial charge in [0.2, 0.25) is 0 Å². The predicted octanol–water partition coefficient (Wildman–Crippen LogP) is 3.13. The van der Waals surface area contributed by atoms with E-state index in [2.05, 4.69) is 0 Å². The Morgan fingerprint density at radius 1 is 1.45 bits per heavy atom. The summed E-state index contributed by atoms with van der Waals surface area (Å²) in [5.41, 5.74) is -0.535. The SMILES string of the molecule is Cc1ccc([C@@H](CC=O)CN(C)C(=O)OC(C)(C)C)o1. The van der Waals surface area contributed by atoms with Crippen LogP contribution in [0, 0.1) is 6.92 Å². The van der Waals surface area contributed by atoms with Crippen molar-refractivity contribution in [3.63, 3.8) is 0 Å². The Balaban J connectivity index is 2.70. The van der Waals surface area contributed by atoms with Gasteiger partial charge in [0, 0.05) is 25.9 Å². The Kier molecular flexibility index (Phi) is 5.36. The molecule has 20 heavy (non-hydrogen) atoms. The van der Waals surface area contributed by atoms with Crippen LogP contribution in [0.4, 0.5) is 4.79 Å². The second kappa shape index (κ2) is 6.59. The van der Waals surface area contributed by atoms with Crippen LogP contribution in [0.15, 0.2) is 16.5 Å². The molecule has 0 radical (unpaired) electrons. The Morgan fingerprint density at radius 3 is 2.55 bits per heavy atom. The summed E-state index contributed by atoms with van der Waals surface area (Å²) in [4.78, 5) is 24.2. The van der Waals surface area contributed by atoms with Gasteiger partial charge in [-0.25, -0.2) is 4.79 Å². The van der Waals surface area contributed by atoms with Gasteiger partial charge in [0.25, 0.3) is 0 Å². The molecule has 5 heteroatoms. The van der Waals surface area contributed by atoms with Crippen LogP contribution in [-0.2, 0) is 9.53 Å². The van der Waals surface area contributed by atoms with Crippen molar-refractivity contribution in [3.8, 4) is 0 Å². The number of furan rings is 1. The van der Waals surface area contributed by atoms with E-state index in [0.717, 1.165) is 12.0 Å². The zero-order valence-electron chi connectivity index (χ0n) is 12.8. The van der Waals surface area contributed by atoms with Crippen LogP contribution >= 0.6 is 0 Å². The van der Waals surface area contributed by atoms with Crippen LogP contribution in [0.25, 0.3) is 0 Å². The zero-order valence-corrected chi connectivity index (χ0v) is 12.8. The largest absolute Gasteiger partial charge is 0.466 e. The lowest BCUT2D eigenvalue weighted by atomic mass is 10.0. The first-order chi connectivity index (χ1) is 9.23. The number of nitrogens with zero attached hydrogens (tertiary/aromatic N) is 1. The molecule has 1 amide bonds. The van der Waals surface area contributed by atoms with Crippen molar-refractivity contribution in [2.45, 2.75) is 45.6 Å². The molecule has 112 valence electrons. The second-order valence-corrected chi connectivity index (χ2v) is 5.91. The highest BCUT2D eigenvalue weighted by molar-refractivity contribution is 5.68. The smallest absolute Gasteiger partial charge is 0.410 e. The van der Waals surface area contributed by atoms with Gasteiger partial charge in [-0.05, 0) is 39.8 Å². The van der Waals surface area contributed by atoms with Crippen molar-refractivity contribution in [2.24, 2.45) is 0 Å². The average Bonchev–Trinajstić information content (AvgIpc) is 2.73. The topological polar surface area (TPSA) is 59.8 Å². The Labute approximate surface area is 119 Å². The summed E-state index contributed by atoms with van der Waals surface area (Å²) < 4.78 is 10.8. The lowest BCUT2D eigenvalue weighted by Gasteiger charge is -2.26. The van der Waals surface area contributed by atoms with Gasteiger partial charge < -0.3 is 18.8 Å². The van der Waals surface area contributed by atoms with Crippen molar-refractivity contribution in [3.05, 3.63) is 23.7 Å². The number of aldehydes is 1. The summed E-state index contributed by atoms with van der Waals surface area (Å²) in [5.74, 6) is 1.35. The number of likely N-dealkylation sites (N-methyl/N-ethyl adjacent to an activating group) is 1. The fourth-order valence-electron chi connectivity index (χ4n) is 1.81. The molecule has 0 aliphatic heterocycles. The maximum atomic E-state index is 11.9. The van der Waals surface area contributed by atoms with Crippen LogP contribution in [-0.4, -0.2) is 36.5 Å². The van der Waals surface area contributed by atoms with Crippen LogP contribution in [0.2, 0.25) is 0 Å². The first-order valence-corrected chi connectivity index (χ1v) is 6.67. The van der Waals surface area contributed by atoms with Crippen LogP contribution in [0.3, 0.4) is 0 Å². The second-order valence-electron chi connectivity index (χ2n) is 5.91. The van der Waals surface area contributed by atoms with Crippen molar-refractivity contribution in [1.29, 1.82) is 0 Å². The third-order valence-electron chi connectivity index (χ3n) is 2.74. The predicted molar refractivity (Wildman–Crippen MR) is 75.7 cm³/mol. The third kappa shape index (κ3) is 5.07. The summed E-state index contributed by atoms with van der Waals surface area (Å²) in [6, 6.07) is 3.69. The number of aryl methyl sites for hydroxylation is 1. The van der Waals surface area contributed by atoms with E-state index >= 15 is 0 Å². The summed E-state index contributed by atoms with van der Waals surface area (Å²) in [6.45, 7) is 7.67. The number of ether oxygens (including phenoxy) is 1. The molecule has 0 saturated heterocycles. The number of hydrogen-bond donors (Lipinski definition) is 0. The highest BCUT2D eigenvalue weighted by Crippen LogP contribution is 2.22. The monoisotopic (exact) mass is 281 g/mol. The first kappa shape index (κ1) is 16.3. The molecule has 0 saturated carbocycles. The van der Waals surface area contributed by atoms with E-state index in [1.54, 1.807) is 7.05 Å². The summed E-state index contributed by atoms with van der Waals surface area (Å²) in [6.07, 6.45) is 0.739. The fraction of sp³-hybridized carbons (Fsp3) is 0.600. The van der Waals surface area contributed by atoms with Crippen molar-refractivity contribution >= 4 is 12.4 Å². The highest BCUT2D eigenvalue weighted by atomic mass is 16.6. The molecule has 0 unspecified atom stereocenters. The quantitative estimate of drug-likeness (QED) is 0.778. The van der Waals surface area contributed by atoms with Gasteiger partial charge in [-0.15, -0.1) is 0 Å². The molecule has 1 heterocycles. The molecule has 1 rings (SSSR count). The standard InChI is InChI=1S/C15H23NO4/c1-11-6-7-13(19-11)12(8-9-17)10-16(5)14(18)20-15(2,3)4/h6-7,9,12H,8,10H2,1-5H3/t12-/m0/s1. The molecule has 5 nitrogen and oxygen atoms in total. The van der Waals surface area contributed by atoms with Crippen molar-refractivity contribution in [1.82, 2.24) is 4.90 Å². The van der Waals surface area contributed by atoms with E-state index in [1.165, 1.54) is 4.90 Å². The van der Waals surface area contributed by atoms with Gasteiger partial charge in [0.05, 0.1) is 0 Å². The third-order valence-corrected chi connectivity index (χ3v) is 2.74. The van der Waals surface area contributed by atoms with E-state index < -0.39 is 11.7 Å². The maximum Gasteiger partial charge on any atom is 0.410 e. The van der Waals surface area contributed by atoms with Gasteiger partial charge in [0.15, 0.2) is 0 Å². The fourth-order valence-corrected chi connectivity index (χ4v) is 1.81. The van der Waals surface area contributed by atoms with Gasteiger partial charge >= 0.3 is 6.09 Å². The Bertz CT molecular complexity index is 459. The molecule has 0 bridgehead atoms. The van der Waals surface area contributed by atoms with Gasteiger partial charge in [-0.3, -0.25) is 0 Å².